The third kappa shape index (κ3) is 8.20. The van der Waals surface area contributed by atoms with Gasteiger partial charge in [-0.25, -0.2) is 0 Å². The molecule has 0 unspecified atom stereocenters. The molecular weight excluding hydrogens is 1060 g/mol. The van der Waals surface area contributed by atoms with E-state index in [1.165, 1.54) is 126 Å². The van der Waals surface area contributed by atoms with Crippen molar-refractivity contribution >= 4 is 128 Å². The number of anilines is 9. The van der Waals surface area contributed by atoms with E-state index >= 15 is 0 Å². The molecule has 2 heterocycles. The molecule has 0 radical (unpaired) electrons. The van der Waals surface area contributed by atoms with Crippen LogP contribution in [-0.2, 0) is 5.41 Å². The Morgan fingerprint density at radius 3 is 1.47 bits per heavy atom. The fourth-order valence-electron chi connectivity index (χ4n) is 14.6. The van der Waals surface area contributed by atoms with Crippen molar-refractivity contribution in [2.24, 2.45) is 0 Å². The minimum Gasteiger partial charge on any atom is -0.311 e. The molecule has 0 aliphatic carbocycles. The van der Waals surface area contributed by atoms with E-state index in [1.54, 1.807) is 0 Å². The molecule has 0 N–H and O–H groups in total. The number of fused-ring (bicyclic) bond motifs is 9. The van der Waals surface area contributed by atoms with E-state index in [0.29, 0.717) is 0 Å². The number of para-hydroxylation sites is 2. The average molecular weight is 1120 g/mol. The Bertz CT molecular complexity index is 5210. The van der Waals surface area contributed by atoms with Crippen molar-refractivity contribution in [1.82, 2.24) is 0 Å². The quantitative estimate of drug-likeness (QED) is 0.111. The molecule has 0 saturated heterocycles. The summed E-state index contributed by atoms with van der Waals surface area (Å²) in [6.07, 6.45) is 0. The van der Waals surface area contributed by atoms with Gasteiger partial charge >= 0.3 is 0 Å². The summed E-state index contributed by atoms with van der Waals surface area (Å²) in [5.41, 5.74) is 22.3. The second kappa shape index (κ2) is 20.4. The van der Waals surface area contributed by atoms with Crippen LogP contribution in [0.1, 0.15) is 26.3 Å². The summed E-state index contributed by atoms with van der Waals surface area (Å²) in [6.45, 7) is 6.97. The van der Waals surface area contributed by atoms with Crippen molar-refractivity contribution in [2.45, 2.75) is 26.2 Å². The highest BCUT2D eigenvalue weighted by molar-refractivity contribution is 7.00. The summed E-state index contributed by atoms with van der Waals surface area (Å²) in [5, 5.41) is 12.2. The molecule has 17 rings (SSSR count). The Morgan fingerprint density at radius 1 is 0.307 bits per heavy atom. The second-order valence-corrected chi connectivity index (χ2v) is 24.8. The van der Waals surface area contributed by atoms with E-state index < -0.39 is 0 Å². The first-order valence-electron chi connectivity index (χ1n) is 30.8. The lowest BCUT2D eigenvalue weighted by atomic mass is 9.33. The zero-order valence-electron chi connectivity index (χ0n) is 49.4. The molecule has 0 saturated carbocycles. The predicted octanol–water partition coefficient (Wildman–Crippen LogP) is 21.3. The second-order valence-electron chi connectivity index (χ2n) is 24.8. The Kier molecular flexibility index (Phi) is 11.9. The SMILES string of the molecule is CC(C)(C)c1cc2c3c(c1)N(c1ccccc1-c1cccc4ccccc14)c1cc4ccccc4cc1B3c1ccc(N(c3ccccc3)c3c4ccccc4c(-c4ccccc4)c4ccccc34)cc1N2c1ccc(-c2cccc3ccccc23)cc1. The van der Waals surface area contributed by atoms with E-state index in [-0.39, 0.29) is 12.1 Å². The highest BCUT2D eigenvalue weighted by Gasteiger charge is 2.45. The Labute approximate surface area is 514 Å². The van der Waals surface area contributed by atoms with Gasteiger partial charge in [-0.1, -0.05) is 269 Å². The molecule has 2 aliphatic heterocycles. The van der Waals surface area contributed by atoms with Gasteiger partial charge < -0.3 is 14.7 Å². The minimum absolute atomic E-state index is 0.133. The monoisotopic (exact) mass is 1120 g/mol. The van der Waals surface area contributed by atoms with Gasteiger partial charge in [0.2, 0.25) is 0 Å². The van der Waals surface area contributed by atoms with Crippen LogP contribution >= 0.6 is 0 Å². The zero-order valence-corrected chi connectivity index (χ0v) is 49.4. The van der Waals surface area contributed by atoms with Gasteiger partial charge in [0.25, 0.3) is 6.71 Å². The standard InChI is InChI=1S/C84H60BN3/c1-84(2,3)61-52-79-82-80(53-61)88(76-43-21-20-36-69(76)68-42-23-31-56-25-13-15-35-67(56)68)77-51-60-29-11-10-28-59(60)50-75(77)85(82)74-49-48-64(54-78(74)87(79)63-46-44-57(45-47-63)66-41-22-30-55-24-12-14-34-65(55)66)86(62-32-8-5-9-33-62)83-72-39-18-16-37-70(72)81(58-26-6-4-7-27-58)71-38-17-19-40-73(71)83/h4-54H,1-3H3. The fourth-order valence-corrected chi connectivity index (χ4v) is 14.6. The van der Waals surface area contributed by atoms with Crippen LogP contribution in [0.2, 0.25) is 0 Å². The molecule has 0 amide bonds. The van der Waals surface area contributed by atoms with Gasteiger partial charge in [-0.15, -0.1) is 0 Å². The van der Waals surface area contributed by atoms with Crippen LogP contribution in [0.5, 0.6) is 0 Å². The molecule has 0 atom stereocenters. The predicted molar refractivity (Wildman–Crippen MR) is 378 cm³/mol. The van der Waals surface area contributed by atoms with Crippen LogP contribution in [0.3, 0.4) is 0 Å². The number of hydrogen-bond donors (Lipinski definition) is 0. The maximum atomic E-state index is 2.62. The molecule has 2 aliphatic rings. The van der Waals surface area contributed by atoms with Crippen LogP contribution in [-0.4, -0.2) is 6.71 Å². The van der Waals surface area contributed by atoms with Crippen molar-refractivity contribution < 1.29 is 0 Å². The lowest BCUT2D eigenvalue weighted by Crippen LogP contribution is -2.61. The van der Waals surface area contributed by atoms with Gasteiger partial charge in [0.15, 0.2) is 0 Å². The molecule has 15 aromatic rings. The number of nitrogens with zero attached hydrogens (tertiary/aromatic N) is 3. The highest BCUT2D eigenvalue weighted by Crippen LogP contribution is 2.53. The van der Waals surface area contributed by atoms with Gasteiger partial charge in [0, 0.05) is 56.1 Å². The van der Waals surface area contributed by atoms with Crippen molar-refractivity contribution in [1.29, 1.82) is 0 Å². The van der Waals surface area contributed by atoms with Crippen molar-refractivity contribution in [2.75, 3.05) is 14.7 Å². The lowest BCUT2D eigenvalue weighted by Gasteiger charge is -2.46. The Balaban J connectivity index is 0.967. The van der Waals surface area contributed by atoms with Crippen LogP contribution in [0.25, 0.3) is 87.2 Å². The highest BCUT2D eigenvalue weighted by atomic mass is 15.2. The molecular formula is C84H60BN3. The van der Waals surface area contributed by atoms with E-state index in [9.17, 15) is 0 Å². The smallest absolute Gasteiger partial charge is 0.252 e. The topological polar surface area (TPSA) is 9.72 Å². The van der Waals surface area contributed by atoms with Crippen molar-refractivity contribution in [3.05, 3.63) is 315 Å². The zero-order chi connectivity index (χ0) is 58.6. The first kappa shape index (κ1) is 51.5. The lowest BCUT2D eigenvalue weighted by molar-refractivity contribution is 0.590. The molecule has 414 valence electrons. The summed E-state index contributed by atoms with van der Waals surface area (Å²) in [7, 11) is 0. The van der Waals surface area contributed by atoms with E-state index in [2.05, 4.69) is 345 Å². The number of hydrogen-bond acceptors (Lipinski definition) is 3. The number of rotatable bonds is 8. The summed E-state index contributed by atoms with van der Waals surface area (Å²) >= 11 is 0. The molecule has 15 aromatic carbocycles. The molecule has 3 nitrogen and oxygen atoms in total. The van der Waals surface area contributed by atoms with E-state index in [4.69, 9.17) is 0 Å². The van der Waals surface area contributed by atoms with E-state index in [0.717, 1.165) is 34.1 Å². The Morgan fingerprint density at radius 2 is 0.807 bits per heavy atom. The van der Waals surface area contributed by atoms with Gasteiger partial charge in [-0.2, -0.15) is 0 Å². The van der Waals surface area contributed by atoms with E-state index in [1.807, 2.05) is 0 Å². The molecule has 4 heteroatoms. The van der Waals surface area contributed by atoms with Crippen LogP contribution in [0, 0.1) is 0 Å². The summed E-state index contributed by atoms with van der Waals surface area (Å²) < 4.78 is 0. The largest absolute Gasteiger partial charge is 0.311 e. The van der Waals surface area contributed by atoms with Crippen LogP contribution in [0.4, 0.5) is 51.2 Å². The summed E-state index contributed by atoms with van der Waals surface area (Å²) in [5.74, 6) is 0. The molecule has 88 heavy (non-hydrogen) atoms. The van der Waals surface area contributed by atoms with Crippen LogP contribution < -0.4 is 31.1 Å². The van der Waals surface area contributed by atoms with Gasteiger partial charge in [0.1, 0.15) is 0 Å². The van der Waals surface area contributed by atoms with Gasteiger partial charge in [0.05, 0.1) is 11.4 Å². The van der Waals surface area contributed by atoms with Crippen molar-refractivity contribution in [3.63, 3.8) is 0 Å². The maximum absolute atomic E-state index is 2.62. The molecule has 0 aromatic heterocycles. The average Bonchev–Trinajstić information content (AvgIpc) is 0.714. The van der Waals surface area contributed by atoms with Crippen molar-refractivity contribution in [3.8, 4) is 33.4 Å². The number of benzene rings is 15. The maximum Gasteiger partial charge on any atom is 0.252 e. The molecule has 0 fully saturated rings. The third-order valence-corrected chi connectivity index (χ3v) is 18.7. The normalized spacial score (nSPS) is 12.6. The van der Waals surface area contributed by atoms with Gasteiger partial charge in [-0.05, 0) is 159 Å². The van der Waals surface area contributed by atoms with Gasteiger partial charge in [-0.3, -0.25) is 0 Å². The fraction of sp³-hybridized carbons (Fsp3) is 0.0476. The summed E-state index contributed by atoms with van der Waals surface area (Å²) in [4.78, 5) is 7.76. The third-order valence-electron chi connectivity index (χ3n) is 18.7. The van der Waals surface area contributed by atoms with Crippen LogP contribution in [0.15, 0.2) is 309 Å². The molecule has 0 bridgehead atoms. The first-order valence-corrected chi connectivity index (χ1v) is 30.8. The molecule has 0 spiro atoms. The Hall–Kier alpha value is -10.9. The summed E-state index contributed by atoms with van der Waals surface area (Å²) in [6, 6.07) is 116. The first-order chi connectivity index (χ1) is 43.3. The minimum atomic E-state index is -0.227.